The zero-order valence-electron chi connectivity index (χ0n) is 16.2. The smallest absolute Gasteiger partial charge is 0.350 e. The Morgan fingerprint density at radius 3 is 2.63 bits per heavy atom. The number of rotatable bonds is 5. The van der Waals surface area contributed by atoms with E-state index in [1.165, 1.54) is 19.4 Å². The number of furan rings is 2. The SMILES string of the molecule is COC(=O)c1sc(N2C(=O)C(O)=C(C(=O)c3ccc(C)o3)[C@H]2c2ccco2)nc1C. The number of anilines is 1. The highest BCUT2D eigenvalue weighted by Gasteiger charge is 2.48. The summed E-state index contributed by atoms with van der Waals surface area (Å²) in [6, 6.07) is 5.16. The number of aliphatic hydroxyl groups is 1. The second-order valence-electron chi connectivity index (χ2n) is 6.50. The van der Waals surface area contributed by atoms with Crippen LogP contribution in [0.4, 0.5) is 5.13 Å². The monoisotopic (exact) mass is 428 g/mol. The van der Waals surface area contributed by atoms with Crippen molar-refractivity contribution in [1.82, 2.24) is 4.98 Å². The molecule has 1 aliphatic rings. The molecule has 9 nitrogen and oxygen atoms in total. The topological polar surface area (TPSA) is 123 Å². The maximum absolute atomic E-state index is 13.1. The summed E-state index contributed by atoms with van der Waals surface area (Å²) in [7, 11) is 1.24. The van der Waals surface area contributed by atoms with E-state index in [0.717, 1.165) is 16.2 Å². The van der Waals surface area contributed by atoms with E-state index in [4.69, 9.17) is 13.6 Å². The molecule has 3 aromatic rings. The summed E-state index contributed by atoms with van der Waals surface area (Å²) in [6.07, 6.45) is 1.39. The molecule has 0 bridgehead atoms. The highest BCUT2D eigenvalue weighted by molar-refractivity contribution is 7.17. The Kier molecular flexibility index (Phi) is 4.78. The quantitative estimate of drug-likeness (QED) is 0.484. The lowest BCUT2D eigenvalue weighted by Crippen LogP contribution is -2.30. The van der Waals surface area contributed by atoms with Crippen LogP contribution in [0.25, 0.3) is 0 Å². The molecule has 0 radical (unpaired) electrons. The fourth-order valence-electron chi connectivity index (χ4n) is 3.21. The van der Waals surface area contributed by atoms with Crippen molar-refractivity contribution in [1.29, 1.82) is 0 Å². The summed E-state index contributed by atoms with van der Waals surface area (Å²) in [5.41, 5.74) is 0.158. The number of esters is 1. The highest BCUT2D eigenvalue weighted by atomic mass is 32.1. The van der Waals surface area contributed by atoms with Crippen LogP contribution < -0.4 is 4.90 Å². The summed E-state index contributed by atoms with van der Waals surface area (Å²) >= 11 is 0.915. The molecule has 0 aliphatic carbocycles. The predicted octanol–water partition coefficient (Wildman–Crippen LogP) is 3.52. The van der Waals surface area contributed by atoms with Crippen LogP contribution in [0.1, 0.15) is 43.5 Å². The number of aliphatic hydroxyl groups excluding tert-OH is 1. The Morgan fingerprint density at radius 2 is 2.03 bits per heavy atom. The van der Waals surface area contributed by atoms with Crippen LogP contribution in [-0.4, -0.2) is 34.9 Å². The molecular formula is C20H16N2O7S. The number of carbonyl (C=O) groups excluding carboxylic acids is 3. The van der Waals surface area contributed by atoms with Crippen LogP contribution in [-0.2, 0) is 9.53 Å². The molecule has 4 rings (SSSR count). The van der Waals surface area contributed by atoms with E-state index in [1.54, 1.807) is 32.0 Å². The molecular weight excluding hydrogens is 412 g/mol. The average molecular weight is 428 g/mol. The number of ether oxygens (including phenoxy) is 1. The molecule has 0 unspecified atom stereocenters. The van der Waals surface area contributed by atoms with Gasteiger partial charge in [-0.2, -0.15) is 0 Å². The number of carbonyl (C=O) groups is 3. The molecule has 0 aromatic carbocycles. The summed E-state index contributed by atoms with van der Waals surface area (Å²) in [5, 5.41) is 10.7. The van der Waals surface area contributed by atoms with Crippen LogP contribution in [0.15, 0.2) is 50.7 Å². The minimum Gasteiger partial charge on any atom is -0.503 e. The molecule has 1 aliphatic heterocycles. The predicted molar refractivity (Wildman–Crippen MR) is 105 cm³/mol. The number of nitrogens with zero attached hydrogens (tertiary/aromatic N) is 2. The highest BCUT2D eigenvalue weighted by Crippen LogP contribution is 2.43. The van der Waals surface area contributed by atoms with E-state index in [2.05, 4.69) is 4.98 Å². The number of ketones is 1. The van der Waals surface area contributed by atoms with Crippen molar-refractivity contribution >= 4 is 34.1 Å². The van der Waals surface area contributed by atoms with Crippen molar-refractivity contribution in [3.63, 3.8) is 0 Å². The van der Waals surface area contributed by atoms with Gasteiger partial charge in [0.05, 0.1) is 24.6 Å². The number of methoxy groups -OCH3 is 1. The Hall–Kier alpha value is -3.66. The van der Waals surface area contributed by atoms with Crippen molar-refractivity contribution < 1.29 is 33.1 Å². The minimum atomic E-state index is -1.08. The maximum atomic E-state index is 13.1. The summed E-state index contributed by atoms with van der Waals surface area (Å²) in [5.74, 6) is -2.10. The van der Waals surface area contributed by atoms with Gasteiger partial charge in [-0.3, -0.25) is 14.5 Å². The molecule has 1 atom stereocenters. The van der Waals surface area contributed by atoms with Crippen LogP contribution in [0.3, 0.4) is 0 Å². The molecule has 0 spiro atoms. The fourth-order valence-corrected chi connectivity index (χ4v) is 4.22. The number of hydrogen-bond acceptors (Lipinski definition) is 9. The number of aromatic nitrogens is 1. The summed E-state index contributed by atoms with van der Waals surface area (Å²) in [6.45, 7) is 3.27. The van der Waals surface area contributed by atoms with Crippen LogP contribution in [0.2, 0.25) is 0 Å². The van der Waals surface area contributed by atoms with Crippen molar-refractivity contribution in [2.24, 2.45) is 0 Å². The molecule has 3 aromatic heterocycles. The number of aryl methyl sites for hydroxylation is 2. The Morgan fingerprint density at radius 1 is 1.27 bits per heavy atom. The lowest BCUT2D eigenvalue weighted by molar-refractivity contribution is -0.117. The normalized spacial score (nSPS) is 16.4. The van der Waals surface area contributed by atoms with Gasteiger partial charge >= 0.3 is 5.97 Å². The van der Waals surface area contributed by atoms with Gasteiger partial charge in [-0.05, 0) is 38.1 Å². The molecule has 1 amide bonds. The third-order valence-corrected chi connectivity index (χ3v) is 5.73. The second-order valence-corrected chi connectivity index (χ2v) is 7.47. The van der Waals surface area contributed by atoms with E-state index in [9.17, 15) is 19.5 Å². The van der Waals surface area contributed by atoms with Gasteiger partial charge in [0.1, 0.15) is 22.4 Å². The van der Waals surface area contributed by atoms with Crippen LogP contribution in [0, 0.1) is 13.8 Å². The Bertz CT molecular complexity index is 1190. The zero-order chi connectivity index (χ0) is 21.6. The first-order valence-corrected chi connectivity index (χ1v) is 9.62. The van der Waals surface area contributed by atoms with Gasteiger partial charge in [0, 0.05) is 0 Å². The minimum absolute atomic E-state index is 0.0224. The van der Waals surface area contributed by atoms with E-state index in [-0.39, 0.29) is 27.1 Å². The summed E-state index contributed by atoms with van der Waals surface area (Å²) < 4.78 is 15.6. The third-order valence-electron chi connectivity index (χ3n) is 4.59. The summed E-state index contributed by atoms with van der Waals surface area (Å²) in [4.78, 5) is 43.7. The first kappa shape index (κ1) is 19.6. The second kappa shape index (κ2) is 7.30. The van der Waals surface area contributed by atoms with Crippen molar-refractivity contribution in [3.05, 3.63) is 69.7 Å². The first-order chi connectivity index (χ1) is 14.3. The van der Waals surface area contributed by atoms with Gasteiger partial charge < -0.3 is 18.7 Å². The number of Topliss-reactive ketones (excluding diaryl/α,β-unsaturated/α-hetero) is 1. The van der Waals surface area contributed by atoms with Gasteiger partial charge in [0.2, 0.25) is 5.78 Å². The molecule has 0 fully saturated rings. The molecule has 0 saturated heterocycles. The average Bonchev–Trinajstić information content (AvgIpc) is 3.49. The third kappa shape index (κ3) is 3.01. The van der Waals surface area contributed by atoms with E-state index in [1.807, 2.05) is 0 Å². The number of amides is 1. The lowest BCUT2D eigenvalue weighted by atomic mass is 10.00. The van der Waals surface area contributed by atoms with Gasteiger partial charge in [0.15, 0.2) is 16.7 Å². The van der Waals surface area contributed by atoms with Crippen molar-refractivity contribution in [2.75, 3.05) is 12.0 Å². The first-order valence-electron chi connectivity index (χ1n) is 8.80. The van der Waals surface area contributed by atoms with Crippen LogP contribution >= 0.6 is 11.3 Å². The lowest BCUT2D eigenvalue weighted by Gasteiger charge is -2.21. The van der Waals surface area contributed by atoms with Gasteiger partial charge in [0.25, 0.3) is 5.91 Å². The standard InChI is InChI=1S/C20H16N2O7S/c1-9-6-7-12(29-9)15(23)13-14(11-5-4-8-28-11)22(18(25)16(13)24)20-21-10(2)17(30-20)19(26)27-3/h4-8,14,24H,1-3H3/t14-/m1/s1. The molecule has 10 heteroatoms. The molecule has 4 heterocycles. The number of hydrogen-bond donors (Lipinski definition) is 1. The number of thiazole rings is 1. The van der Waals surface area contributed by atoms with Gasteiger partial charge in [-0.1, -0.05) is 11.3 Å². The van der Waals surface area contributed by atoms with E-state index < -0.39 is 29.5 Å². The molecule has 1 N–H and O–H groups in total. The van der Waals surface area contributed by atoms with Gasteiger partial charge in [-0.25, -0.2) is 9.78 Å². The van der Waals surface area contributed by atoms with Gasteiger partial charge in [-0.15, -0.1) is 0 Å². The largest absolute Gasteiger partial charge is 0.503 e. The molecule has 30 heavy (non-hydrogen) atoms. The Balaban J connectivity index is 1.84. The Labute approximate surface area is 174 Å². The molecule has 0 saturated carbocycles. The zero-order valence-corrected chi connectivity index (χ0v) is 17.0. The van der Waals surface area contributed by atoms with Crippen molar-refractivity contribution in [3.8, 4) is 0 Å². The van der Waals surface area contributed by atoms with Crippen molar-refractivity contribution in [2.45, 2.75) is 19.9 Å². The van der Waals surface area contributed by atoms with Crippen LogP contribution in [0.5, 0.6) is 0 Å². The van der Waals surface area contributed by atoms with E-state index >= 15 is 0 Å². The molecule has 154 valence electrons. The fraction of sp³-hybridized carbons (Fsp3) is 0.200. The maximum Gasteiger partial charge on any atom is 0.350 e. The van der Waals surface area contributed by atoms with E-state index in [0.29, 0.717) is 11.5 Å².